The predicted molar refractivity (Wildman–Crippen MR) is 96.9 cm³/mol. The second-order valence-electron chi connectivity index (χ2n) is 7.22. The molecule has 1 aromatic heterocycles. The molecule has 1 aromatic carbocycles. The average Bonchev–Trinajstić information content (AvgIpc) is 3.00. The number of piperidine rings is 1. The summed E-state index contributed by atoms with van der Waals surface area (Å²) in [6.45, 7) is 5.51. The number of benzene rings is 1. The molecule has 0 saturated carbocycles. The van der Waals surface area contributed by atoms with Gasteiger partial charge in [-0.05, 0) is 31.9 Å². The molecular weight excluding hydrogens is 298 g/mol. The summed E-state index contributed by atoms with van der Waals surface area (Å²) in [4.78, 5) is 20.9. The summed E-state index contributed by atoms with van der Waals surface area (Å²) in [5, 5.41) is 1.27. The molecule has 2 aromatic rings. The van der Waals surface area contributed by atoms with Gasteiger partial charge in [-0.15, -0.1) is 0 Å². The number of nitrogens with zero attached hydrogens (tertiary/aromatic N) is 2. The first-order chi connectivity index (χ1) is 11.8. The Labute approximate surface area is 143 Å². The van der Waals surface area contributed by atoms with Crippen LogP contribution in [0.25, 0.3) is 10.9 Å². The number of aromatic amines is 1. The van der Waals surface area contributed by atoms with Gasteiger partial charge >= 0.3 is 0 Å². The van der Waals surface area contributed by atoms with E-state index in [1.54, 1.807) is 0 Å². The third-order valence-electron chi connectivity index (χ3n) is 5.79. The third kappa shape index (κ3) is 2.84. The lowest BCUT2D eigenvalue weighted by Crippen LogP contribution is -2.47. The lowest BCUT2D eigenvalue weighted by atomic mass is 10.00. The van der Waals surface area contributed by atoms with Gasteiger partial charge in [-0.25, -0.2) is 0 Å². The summed E-state index contributed by atoms with van der Waals surface area (Å²) in [5.74, 6) is 0.297. The average molecular weight is 325 g/mol. The molecule has 1 amide bonds. The summed E-state index contributed by atoms with van der Waals surface area (Å²) in [7, 11) is 0. The van der Waals surface area contributed by atoms with Gasteiger partial charge in [0, 0.05) is 47.7 Å². The highest BCUT2D eigenvalue weighted by Gasteiger charge is 2.28. The Morgan fingerprint density at radius 2 is 2.12 bits per heavy atom. The van der Waals surface area contributed by atoms with Crippen molar-refractivity contribution in [3.8, 4) is 0 Å². The van der Waals surface area contributed by atoms with Crippen LogP contribution in [0.4, 0.5) is 0 Å². The number of nitrogens with one attached hydrogen (secondary N) is 1. The first kappa shape index (κ1) is 15.7. The molecule has 4 rings (SSSR count). The molecule has 1 saturated heterocycles. The number of para-hydroxylation sites is 1. The number of hydrogen-bond donors (Lipinski definition) is 1. The highest BCUT2D eigenvalue weighted by Crippen LogP contribution is 2.28. The zero-order valence-electron chi connectivity index (χ0n) is 14.6. The Morgan fingerprint density at radius 1 is 1.25 bits per heavy atom. The summed E-state index contributed by atoms with van der Waals surface area (Å²) in [6.07, 6.45) is 5.88. The van der Waals surface area contributed by atoms with E-state index in [-0.39, 0.29) is 0 Å². The number of rotatable bonds is 3. The van der Waals surface area contributed by atoms with Crippen molar-refractivity contribution in [2.75, 3.05) is 19.6 Å². The van der Waals surface area contributed by atoms with Crippen LogP contribution in [0.3, 0.4) is 0 Å². The largest absolute Gasteiger partial charge is 0.358 e. The van der Waals surface area contributed by atoms with Gasteiger partial charge in [-0.3, -0.25) is 9.69 Å². The molecule has 2 aliphatic rings. The summed E-state index contributed by atoms with van der Waals surface area (Å²) in [6, 6.07) is 9.03. The summed E-state index contributed by atoms with van der Waals surface area (Å²) >= 11 is 0. The van der Waals surface area contributed by atoms with Crippen molar-refractivity contribution in [2.45, 2.75) is 51.6 Å². The number of aromatic nitrogens is 1. The normalized spacial score (nSPS) is 21.9. The number of H-pyrrole nitrogens is 1. The van der Waals surface area contributed by atoms with Crippen LogP contribution >= 0.6 is 0 Å². The molecule has 4 heteroatoms. The predicted octanol–water partition coefficient (Wildman–Crippen LogP) is 3.32. The number of amides is 1. The maximum atomic E-state index is 12.9. The Kier molecular flexibility index (Phi) is 4.31. The fraction of sp³-hybridized carbons (Fsp3) is 0.550. The number of likely N-dealkylation sites (tertiary alicyclic amines) is 1. The number of hydrogen-bond acceptors (Lipinski definition) is 2. The lowest BCUT2D eigenvalue weighted by molar-refractivity contribution is -0.134. The molecule has 2 aliphatic heterocycles. The first-order valence-corrected chi connectivity index (χ1v) is 9.36. The molecular formula is C20H27N3O. The number of fused-ring (bicyclic) bond motifs is 3. The molecule has 0 aliphatic carbocycles. The maximum Gasteiger partial charge on any atom is 0.237 e. The van der Waals surface area contributed by atoms with Gasteiger partial charge in [0.15, 0.2) is 0 Å². The second-order valence-corrected chi connectivity index (χ2v) is 7.22. The first-order valence-electron chi connectivity index (χ1n) is 9.36. The van der Waals surface area contributed by atoms with Crippen molar-refractivity contribution >= 4 is 16.8 Å². The van der Waals surface area contributed by atoms with Crippen LogP contribution in [0, 0.1) is 0 Å². The molecule has 24 heavy (non-hydrogen) atoms. The van der Waals surface area contributed by atoms with Crippen LogP contribution in [-0.2, 0) is 17.8 Å². The van der Waals surface area contributed by atoms with Gasteiger partial charge in [0.05, 0.1) is 6.54 Å². The van der Waals surface area contributed by atoms with E-state index in [0.717, 1.165) is 32.5 Å². The SMILES string of the molecule is CC[C@@H]1CCCCN1CC(=O)N1CCc2[nH]c3ccccc3c2C1. The molecule has 0 bridgehead atoms. The zero-order chi connectivity index (χ0) is 16.5. The Morgan fingerprint density at radius 3 is 3.00 bits per heavy atom. The lowest BCUT2D eigenvalue weighted by Gasteiger charge is -2.36. The highest BCUT2D eigenvalue weighted by molar-refractivity contribution is 5.86. The van der Waals surface area contributed by atoms with Crippen molar-refractivity contribution in [3.63, 3.8) is 0 Å². The minimum absolute atomic E-state index is 0.297. The standard InChI is InChI=1S/C20H27N3O/c1-2-15-7-5-6-11-22(15)14-20(24)23-12-10-19-17(13-23)16-8-3-4-9-18(16)21-19/h3-4,8-9,15,21H,2,5-7,10-14H2,1H3/t15-/m1/s1. The van der Waals surface area contributed by atoms with E-state index in [1.165, 1.54) is 41.4 Å². The Hall–Kier alpha value is -1.81. The molecule has 1 atom stereocenters. The van der Waals surface area contributed by atoms with E-state index in [2.05, 4.69) is 46.0 Å². The molecule has 1 N–H and O–H groups in total. The van der Waals surface area contributed by atoms with Crippen LogP contribution in [0.5, 0.6) is 0 Å². The molecule has 1 fully saturated rings. The van der Waals surface area contributed by atoms with Gasteiger partial charge in [-0.2, -0.15) is 0 Å². The van der Waals surface area contributed by atoms with Gasteiger partial charge in [0.1, 0.15) is 0 Å². The van der Waals surface area contributed by atoms with Gasteiger partial charge in [-0.1, -0.05) is 31.5 Å². The monoisotopic (exact) mass is 325 g/mol. The van der Waals surface area contributed by atoms with Crippen LogP contribution in [0.2, 0.25) is 0 Å². The summed E-state index contributed by atoms with van der Waals surface area (Å²) < 4.78 is 0. The van der Waals surface area contributed by atoms with Crippen LogP contribution in [0.15, 0.2) is 24.3 Å². The fourth-order valence-corrected chi connectivity index (χ4v) is 4.38. The van der Waals surface area contributed by atoms with Crippen LogP contribution in [-0.4, -0.2) is 46.4 Å². The minimum atomic E-state index is 0.297. The fourth-order valence-electron chi connectivity index (χ4n) is 4.38. The van der Waals surface area contributed by atoms with Crippen molar-refractivity contribution in [1.82, 2.24) is 14.8 Å². The Balaban J connectivity index is 1.48. The van der Waals surface area contributed by atoms with Gasteiger partial charge in [0.2, 0.25) is 5.91 Å². The Bertz CT molecular complexity index is 736. The van der Waals surface area contributed by atoms with Crippen molar-refractivity contribution in [3.05, 3.63) is 35.5 Å². The van der Waals surface area contributed by atoms with Gasteiger partial charge in [0.25, 0.3) is 0 Å². The zero-order valence-corrected chi connectivity index (χ0v) is 14.6. The molecule has 0 spiro atoms. The van der Waals surface area contributed by atoms with Crippen molar-refractivity contribution in [1.29, 1.82) is 0 Å². The van der Waals surface area contributed by atoms with E-state index in [4.69, 9.17) is 0 Å². The molecule has 4 nitrogen and oxygen atoms in total. The third-order valence-corrected chi connectivity index (χ3v) is 5.79. The van der Waals surface area contributed by atoms with Crippen molar-refractivity contribution in [2.24, 2.45) is 0 Å². The maximum absolute atomic E-state index is 12.9. The van der Waals surface area contributed by atoms with Crippen LogP contribution < -0.4 is 0 Å². The quantitative estimate of drug-likeness (QED) is 0.940. The topological polar surface area (TPSA) is 39.3 Å². The van der Waals surface area contributed by atoms with Crippen molar-refractivity contribution < 1.29 is 4.79 Å². The van der Waals surface area contributed by atoms with E-state index >= 15 is 0 Å². The van der Waals surface area contributed by atoms with E-state index in [9.17, 15) is 4.79 Å². The van der Waals surface area contributed by atoms with Gasteiger partial charge < -0.3 is 9.88 Å². The highest BCUT2D eigenvalue weighted by atomic mass is 16.2. The minimum Gasteiger partial charge on any atom is -0.358 e. The molecule has 0 radical (unpaired) electrons. The second kappa shape index (κ2) is 6.60. The van der Waals surface area contributed by atoms with E-state index in [1.807, 2.05) is 0 Å². The van der Waals surface area contributed by atoms with Crippen LogP contribution in [0.1, 0.15) is 43.9 Å². The number of carbonyl (C=O) groups is 1. The molecule has 128 valence electrons. The summed E-state index contributed by atoms with van der Waals surface area (Å²) in [5.41, 5.74) is 3.82. The molecule has 0 unspecified atom stereocenters. The van der Waals surface area contributed by atoms with E-state index < -0.39 is 0 Å². The molecule has 3 heterocycles. The smallest absolute Gasteiger partial charge is 0.237 e. The van der Waals surface area contributed by atoms with E-state index in [0.29, 0.717) is 18.5 Å². The number of carbonyl (C=O) groups excluding carboxylic acids is 1.